The molecule has 1 aliphatic rings. The summed E-state index contributed by atoms with van der Waals surface area (Å²) in [4.78, 5) is 11.2. The van der Waals surface area contributed by atoms with Crippen LogP contribution < -0.4 is 0 Å². The van der Waals surface area contributed by atoms with Gasteiger partial charge in [-0.15, -0.1) is 0 Å². The first kappa shape index (κ1) is 10.4. The molecule has 0 saturated carbocycles. The Balaban J connectivity index is 2.82. The Kier molecular flexibility index (Phi) is 3.25. The first-order valence-electron chi connectivity index (χ1n) is 4.16. The number of carbonyl (C=O) groups is 1. The Hall–Kier alpha value is -0.640. The van der Waals surface area contributed by atoms with E-state index in [1.165, 1.54) is 7.11 Å². The van der Waals surface area contributed by atoms with Crippen molar-refractivity contribution in [3.05, 3.63) is 11.1 Å². The predicted molar refractivity (Wildman–Crippen MR) is 51.8 cm³/mol. The van der Waals surface area contributed by atoms with E-state index in [4.69, 9.17) is 0 Å². The fraction of sp³-hybridized carbons (Fsp3) is 0.667. The largest absolute Gasteiger partial charge is 0.468 e. The number of esters is 1. The van der Waals surface area contributed by atoms with Crippen LogP contribution in [0.3, 0.4) is 0 Å². The van der Waals surface area contributed by atoms with Gasteiger partial charge < -0.3 is 4.74 Å². The molecule has 0 N–H and O–H groups in total. The van der Waals surface area contributed by atoms with E-state index in [1.807, 2.05) is 13.8 Å². The minimum Gasteiger partial charge on any atom is -0.468 e. The van der Waals surface area contributed by atoms with Gasteiger partial charge in [-0.05, 0) is 20.3 Å². The van der Waals surface area contributed by atoms with E-state index in [2.05, 4.69) is 4.74 Å². The Bertz CT molecular complexity index is 281. The topological polar surface area (TPSA) is 43.4 Å². The molecule has 0 fully saturated rings. The van der Waals surface area contributed by atoms with Gasteiger partial charge in [0.15, 0.2) is 0 Å². The molecule has 74 valence electrons. The molecule has 0 bridgehead atoms. The van der Waals surface area contributed by atoms with Gasteiger partial charge in [0.1, 0.15) is 5.25 Å². The molecule has 0 unspecified atom stereocenters. The third kappa shape index (κ3) is 2.18. The SMILES string of the molecule is COC(=O)[C@H]1CC(C)=C(C)C[S@@]1=O. The number of allylic oxidation sites excluding steroid dienone is 1. The van der Waals surface area contributed by atoms with E-state index < -0.39 is 16.0 Å². The summed E-state index contributed by atoms with van der Waals surface area (Å²) in [7, 11) is 0.242. The summed E-state index contributed by atoms with van der Waals surface area (Å²) < 4.78 is 16.1. The smallest absolute Gasteiger partial charge is 0.321 e. The molecule has 0 aromatic carbocycles. The van der Waals surface area contributed by atoms with Gasteiger partial charge in [-0.3, -0.25) is 9.00 Å². The van der Waals surface area contributed by atoms with Crippen LogP contribution in [-0.2, 0) is 20.3 Å². The summed E-state index contributed by atoms with van der Waals surface area (Å²) in [6, 6.07) is 0. The van der Waals surface area contributed by atoms with E-state index in [-0.39, 0.29) is 5.97 Å². The highest BCUT2D eigenvalue weighted by Gasteiger charge is 2.30. The van der Waals surface area contributed by atoms with Crippen LogP contribution in [0.15, 0.2) is 11.1 Å². The molecule has 0 amide bonds. The second kappa shape index (κ2) is 4.05. The first-order chi connectivity index (χ1) is 6.06. The highest BCUT2D eigenvalue weighted by molar-refractivity contribution is 7.86. The first-order valence-corrected chi connectivity index (χ1v) is 5.54. The quantitative estimate of drug-likeness (QED) is 0.471. The number of methoxy groups -OCH3 is 1. The van der Waals surface area contributed by atoms with Crippen LogP contribution in [0.2, 0.25) is 0 Å². The fourth-order valence-corrected chi connectivity index (χ4v) is 2.93. The number of hydrogen-bond donors (Lipinski definition) is 0. The van der Waals surface area contributed by atoms with Crippen LogP contribution in [0.5, 0.6) is 0 Å². The van der Waals surface area contributed by atoms with Crippen molar-refractivity contribution in [3.63, 3.8) is 0 Å². The zero-order chi connectivity index (χ0) is 10.0. The summed E-state index contributed by atoms with van der Waals surface area (Å²) in [6.45, 7) is 3.93. The molecule has 1 heterocycles. The van der Waals surface area contributed by atoms with Gasteiger partial charge in [0.2, 0.25) is 0 Å². The Morgan fingerprint density at radius 2 is 2.08 bits per heavy atom. The van der Waals surface area contributed by atoms with E-state index in [0.29, 0.717) is 12.2 Å². The molecule has 0 aliphatic carbocycles. The molecule has 0 aromatic rings. The number of rotatable bonds is 1. The third-order valence-corrected chi connectivity index (χ3v) is 4.07. The number of hydrogen-bond acceptors (Lipinski definition) is 3. The maximum Gasteiger partial charge on any atom is 0.321 e. The van der Waals surface area contributed by atoms with Crippen molar-refractivity contribution in [2.75, 3.05) is 12.9 Å². The van der Waals surface area contributed by atoms with Crippen molar-refractivity contribution < 1.29 is 13.7 Å². The summed E-state index contributed by atoms with van der Waals surface area (Å²) in [5.41, 5.74) is 2.30. The van der Waals surface area contributed by atoms with Gasteiger partial charge in [-0.1, -0.05) is 11.1 Å². The van der Waals surface area contributed by atoms with E-state index in [0.717, 1.165) is 11.1 Å². The monoisotopic (exact) mass is 202 g/mol. The van der Waals surface area contributed by atoms with Crippen molar-refractivity contribution in [3.8, 4) is 0 Å². The molecular formula is C9H14O3S. The maximum absolute atomic E-state index is 11.5. The predicted octanol–water partition coefficient (Wildman–Crippen LogP) is 1.02. The molecule has 0 radical (unpaired) electrons. The minimum atomic E-state index is -1.09. The molecule has 0 spiro atoms. The lowest BCUT2D eigenvalue weighted by Crippen LogP contribution is -2.32. The fourth-order valence-electron chi connectivity index (χ4n) is 1.30. The average molecular weight is 202 g/mol. The van der Waals surface area contributed by atoms with Crippen molar-refractivity contribution in [1.29, 1.82) is 0 Å². The molecule has 13 heavy (non-hydrogen) atoms. The van der Waals surface area contributed by atoms with Crippen LogP contribution >= 0.6 is 0 Å². The van der Waals surface area contributed by atoms with Crippen molar-refractivity contribution in [1.82, 2.24) is 0 Å². The maximum atomic E-state index is 11.5. The van der Waals surface area contributed by atoms with Crippen LogP contribution in [0.4, 0.5) is 0 Å². The molecule has 3 nitrogen and oxygen atoms in total. The van der Waals surface area contributed by atoms with Crippen LogP contribution in [0.25, 0.3) is 0 Å². The lowest BCUT2D eigenvalue weighted by molar-refractivity contribution is -0.140. The normalized spacial score (nSPS) is 28.8. The highest BCUT2D eigenvalue weighted by Crippen LogP contribution is 2.22. The van der Waals surface area contributed by atoms with Crippen LogP contribution in [0.1, 0.15) is 20.3 Å². The molecular weight excluding hydrogens is 188 g/mol. The highest BCUT2D eigenvalue weighted by atomic mass is 32.2. The third-order valence-electron chi connectivity index (χ3n) is 2.36. The second-order valence-corrected chi connectivity index (χ2v) is 4.92. The van der Waals surface area contributed by atoms with E-state index in [9.17, 15) is 9.00 Å². The zero-order valence-electron chi connectivity index (χ0n) is 8.12. The standard InChI is InChI=1S/C9H14O3S/c1-6-4-8(9(10)12-3)13(11)5-7(6)2/h8H,4-5H2,1-3H3/t8-,13+/m1/s1. The summed E-state index contributed by atoms with van der Waals surface area (Å²) in [5.74, 6) is 0.149. The van der Waals surface area contributed by atoms with Gasteiger partial charge in [-0.25, -0.2) is 0 Å². The van der Waals surface area contributed by atoms with E-state index >= 15 is 0 Å². The van der Waals surface area contributed by atoms with Crippen molar-refractivity contribution in [2.24, 2.45) is 0 Å². The molecule has 1 rings (SSSR count). The Morgan fingerprint density at radius 1 is 1.46 bits per heavy atom. The summed E-state index contributed by atoms with van der Waals surface area (Å²) in [6.07, 6.45) is 0.575. The van der Waals surface area contributed by atoms with Gasteiger partial charge >= 0.3 is 5.97 Å². The van der Waals surface area contributed by atoms with Crippen molar-refractivity contribution >= 4 is 16.8 Å². The van der Waals surface area contributed by atoms with Crippen LogP contribution in [-0.4, -0.2) is 28.3 Å². The zero-order valence-corrected chi connectivity index (χ0v) is 8.94. The number of ether oxygens (including phenoxy) is 1. The lowest BCUT2D eigenvalue weighted by atomic mass is 10.1. The minimum absolute atomic E-state index is 0.356. The van der Waals surface area contributed by atoms with Crippen LogP contribution in [0, 0.1) is 0 Å². The Morgan fingerprint density at radius 3 is 2.62 bits per heavy atom. The molecule has 1 aliphatic heterocycles. The summed E-state index contributed by atoms with van der Waals surface area (Å²) >= 11 is 0. The lowest BCUT2D eigenvalue weighted by Gasteiger charge is -2.21. The molecule has 0 aromatic heterocycles. The van der Waals surface area contributed by atoms with E-state index in [1.54, 1.807) is 0 Å². The Labute approximate surface area is 80.6 Å². The average Bonchev–Trinajstić information content (AvgIpc) is 2.10. The molecule has 0 saturated heterocycles. The van der Waals surface area contributed by atoms with Crippen molar-refractivity contribution in [2.45, 2.75) is 25.5 Å². The van der Waals surface area contributed by atoms with Gasteiger partial charge in [-0.2, -0.15) is 0 Å². The number of carbonyl (C=O) groups excluding carboxylic acids is 1. The van der Waals surface area contributed by atoms with Gasteiger partial charge in [0.25, 0.3) is 0 Å². The molecule has 4 heteroatoms. The second-order valence-electron chi connectivity index (χ2n) is 3.30. The van der Waals surface area contributed by atoms with Gasteiger partial charge in [0.05, 0.1) is 7.11 Å². The molecule has 2 atom stereocenters. The summed E-state index contributed by atoms with van der Waals surface area (Å²) in [5, 5.41) is -0.450. The van der Waals surface area contributed by atoms with Gasteiger partial charge in [0, 0.05) is 16.6 Å².